The quantitative estimate of drug-likeness (QED) is 0.818. The Balaban J connectivity index is 1.74. The van der Waals surface area contributed by atoms with Crippen molar-refractivity contribution in [1.82, 2.24) is 5.32 Å². The lowest BCUT2D eigenvalue weighted by Crippen LogP contribution is -2.27. The van der Waals surface area contributed by atoms with Gasteiger partial charge in [-0.1, -0.05) is 12.1 Å². The van der Waals surface area contributed by atoms with Crippen molar-refractivity contribution in [2.75, 3.05) is 13.7 Å². The van der Waals surface area contributed by atoms with Gasteiger partial charge in [-0.05, 0) is 36.2 Å². The fraction of sp³-hybridized carbons (Fsp3) is 0.312. The molecule has 2 N–H and O–H groups in total. The van der Waals surface area contributed by atoms with Gasteiger partial charge in [0.1, 0.15) is 17.6 Å². The van der Waals surface area contributed by atoms with Gasteiger partial charge >= 0.3 is 0 Å². The molecule has 0 aliphatic carbocycles. The van der Waals surface area contributed by atoms with Crippen LogP contribution in [0.15, 0.2) is 47.1 Å². The van der Waals surface area contributed by atoms with Crippen LogP contribution in [0.25, 0.3) is 0 Å². The van der Waals surface area contributed by atoms with Crippen molar-refractivity contribution in [2.24, 2.45) is 0 Å². The summed E-state index contributed by atoms with van der Waals surface area (Å²) in [5, 5.41) is 12.6. The third-order valence-electron chi connectivity index (χ3n) is 3.11. The minimum atomic E-state index is -0.697. The minimum Gasteiger partial charge on any atom is -0.497 e. The number of aliphatic hydroxyl groups excluding tert-OH is 1. The first-order valence-corrected chi connectivity index (χ1v) is 6.80. The van der Waals surface area contributed by atoms with Crippen LogP contribution in [0.1, 0.15) is 23.8 Å². The fourth-order valence-electron chi connectivity index (χ4n) is 2.00. The van der Waals surface area contributed by atoms with E-state index in [4.69, 9.17) is 9.15 Å². The van der Waals surface area contributed by atoms with Crippen LogP contribution in [0, 0.1) is 0 Å². The molecule has 21 heavy (non-hydrogen) atoms. The van der Waals surface area contributed by atoms with E-state index >= 15 is 0 Å². The topological polar surface area (TPSA) is 71.7 Å². The first-order valence-electron chi connectivity index (χ1n) is 6.80. The number of amides is 1. The van der Waals surface area contributed by atoms with E-state index in [9.17, 15) is 9.90 Å². The molecule has 112 valence electrons. The highest BCUT2D eigenvalue weighted by Crippen LogP contribution is 2.16. The molecule has 0 bridgehead atoms. The van der Waals surface area contributed by atoms with Crippen molar-refractivity contribution < 1.29 is 19.1 Å². The Bertz CT molecular complexity index is 565. The number of furan rings is 1. The van der Waals surface area contributed by atoms with Crippen molar-refractivity contribution in [2.45, 2.75) is 18.9 Å². The van der Waals surface area contributed by atoms with E-state index in [1.807, 2.05) is 24.3 Å². The van der Waals surface area contributed by atoms with Gasteiger partial charge in [0.05, 0.1) is 19.8 Å². The second-order valence-electron chi connectivity index (χ2n) is 4.70. The van der Waals surface area contributed by atoms with Gasteiger partial charge in [-0.2, -0.15) is 0 Å². The van der Waals surface area contributed by atoms with E-state index < -0.39 is 6.10 Å². The Morgan fingerprint density at radius 3 is 2.95 bits per heavy atom. The number of methoxy groups -OCH3 is 1. The van der Waals surface area contributed by atoms with E-state index in [1.165, 1.54) is 6.26 Å². The van der Waals surface area contributed by atoms with Crippen molar-refractivity contribution in [1.29, 1.82) is 0 Å². The highest BCUT2D eigenvalue weighted by Gasteiger charge is 2.11. The number of ether oxygens (including phenoxy) is 1. The molecule has 0 radical (unpaired) electrons. The highest BCUT2D eigenvalue weighted by molar-refractivity contribution is 5.78. The maximum atomic E-state index is 11.8. The molecule has 5 nitrogen and oxygen atoms in total. The van der Waals surface area contributed by atoms with Gasteiger partial charge in [-0.15, -0.1) is 0 Å². The maximum Gasteiger partial charge on any atom is 0.224 e. The molecule has 0 saturated carbocycles. The zero-order valence-corrected chi connectivity index (χ0v) is 11.9. The van der Waals surface area contributed by atoms with Crippen molar-refractivity contribution >= 4 is 5.91 Å². The van der Waals surface area contributed by atoms with Gasteiger partial charge in [-0.25, -0.2) is 0 Å². The van der Waals surface area contributed by atoms with Crippen LogP contribution in [-0.4, -0.2) is 24.7 Å². The predicted molar refractivity (Wildman–Crippen MR) is 78.0 cm³/mol. The molecule has 1 amide bonds. The lowest BCUT2D eigenvalue weighted by atomic mass is 10.1. The smallest absolute Gasteiger partial charge is 0.224 e. The summed E-state index contributed by atoms with van der Waals surface area (Å²) in [6, 6.07) is 10.8. The zero-order valence-electron chi connectivity index (χ0n) is 11.9. The Morgan fingerprint density at radius 1 is 1.38 bits per heavy atom. The van der Waals surface area contributed by atoms with Crippen LogP contribution in [-0.2, 0) is 11.2 Å². The molecule has 1 heterocycles. The molecule has 2 aromatic rings. The third-order valence-corrected chi connectivity index (χ3v) is 3.11. The molecular formula is C16H19NO4. The van der Waals surface area contributed by atoms with Gasteiger partial charge in [0.2, 0.25) is 5.91 Å². The summed E-state index contributed by atoms with van der Waals surface area (Å²) in [5.41, 5.74) is 0.887. The number of hydrogen-bond donors (Lipinski definition) is 2. The summed E-state index contributed by atoms with van der Waals surface area (Å²) in [6.45, 7) is 0.394. The average Bonchev–Trinajstić information content (AvgIpc) is 3.01. The Morgan fingerprint density at radius 2 is 2.24 bits per heavy atom. The van der Waals surface area contributed by atoms with Crippen LogP contribution in [0.5, 0.6) is 5.75 Å². The number of carbonyl (C=O) groups is 1. The Hall–Kier alpha value is -2.27. The third kappa shape index (κ3) is 4.65. The van der Waals surface area contributed by atoms with Crippen LogP contribution in [0.4, 0.5) is 0 Å². The van der Waals surface area contributed by atoms with Crippen LogP contribution in [0.3, 0.4) is 0 Å². The minimum absolute atomic E-state index is 0.0881. The molecule has 1 unspecified atom stereocenters. The largest absolute Gasteiger partial charge is 0.497 e. The molecule has 0 aliphatic rings. The van der Waals surface area contributed by atoms with Crippen LogP contribution in [0.2, 0.25) is 0 Å². The normalized spacial score (nSPS) is 11.9. The van der Waals surface area contributed by atoms with E-state index in [1.54, 1.807) is 19.2 Å². The van der Waals surface area contributed by atoms with Gasteiger partial charge in [-0.3, -0.25) is 4.79 Å². The second kappa shape index (κ2) is 7.50. The molecule has 5 heteroatoms. The standard InChI is InChI=1S/C16H19NO4/c1-20-13-5-2-4-12(10-13)11-16(19)17-8-7-14(18)15-6-3-9-21-15/h2-6,9-10,14,18H,7-8,11H2,1H3,(H,17,19). The first-order chi connectivity index (χ1) is 10.2. The van der Waals surface area contributed by atoms with Crippen LogP contribution >= 0.6 is 0 Å². The monoisotopic (exact) mass is 289 g/mol. The SMILES string of the molecule is COc1cccc(CC(=O)NCCC(O)c2ccco2)c1. The van der Waals surface area contributed by atoms with Gasteiger partial charge in [0, 0.05) is 6.54 Å². The molecule has 0 aliphatic heterocycles. The van der Waals surface area contributed by atoms with Gasteiger partial charge < -0.3 is 19.6 Å². The summed E-state index contributed by atoms with van der Waals surface area (Å²) in [7, 11) is 1.59. The first kappa shape index (κ1) is 15.1. The average molecular weight is 289 g/mol. The van der Waals surface area contributed by atoms with Gasteiger partial charge in [0.25, 0.3) is 0 Å². The summed E-state index contributed by atoms with van der Waals surface area (Å²) in [4.78, 5) is 11.8. The Labute approximate surface area is 123 Å². The zero-order chi connectivity index (χ0) is 15.1. The van der Waals surface area contributed by atoms with Crippen molar-refractivity contribution in [3.05, 3.63) is 54.0 Å². The van der Waals surface area contributed by atoms with Crippen molar-refractivity contribution in [3.63, 3.8) is 0 Å². The van der Waals surface area contributed by atoms with Crippen molar-refractivity contribution in [3.8, 4) is 5.75 Å². The number of benzene rings is 1. The summed E-state index contributed by atoms with van der Waals surface area (Å²) in [5.74, 6) is 1.15. The molecule has 1 atom stereocenters. The Kier molecular flexibility index (Phi) is 5.40. The number of nitrogens with one attached hydrogen (secondary N) is 1. The maximum absolute atomic E-state index is 11.8. The number of rotatable bonds is 7. The van der Waals surface area contributed by atoms with E-state index in [0.29, 0.717) is 18.7 Å². The number of hydrogen-bond acceptors (Lipinski definition) is 4. The van der Waals surface area contributed by atoms with E-state index in [-0.39, 0.29) is 12.3 Å². The lowest BCUT2D eigenvalue weighted by Gasteiger charge is -2.09. The number of carbonyl (C=O) groups excluding carboxylic acids is 1. The van der Waals surface area contributed by atoms with Crippen LogP contribution < -0.4 is 10.1 Å². The van der Waals surface area contributed by atoms with E-state index in [0.717, 1.165) is 11.3 Å². The molecule has 1 aromatic heterocycles. The summed E-state index contributed by atoms with van der Waals surface area (Å²) >= 11 is 0. The predicted octanol–water partition coefficient (Wildman–Crippen LogP) is 2.07. The fourth-order valence-corrected chi connectivity index (χ4v) is 2.00. The lowest BCUT2D eigenvalue weighted by molar-refractivity contribution is -0.120. The highest BCUT2D eigenvalue weighted by atomic mass is 16.5. The summed E-state index contributed by atoms with van der Waals surface area (Å²) in [6.07, 6.45) is 1.52. The van der Waals surface area contributed by atoms with Gasteiger partial charge in [0.15, 0.2) is 0 Å². The van der Waals surface area contributed by atoms with E-state index in [2.05, 4.69) is 5.32 Å². The molecular weight excluding hydrogens is 270 g/mol. The molecule has 1 aromatic carbocycles. The molecule has 0 saturated heterocycles. The number of aliphatic hydroxyl groups is 1. The second-order valence-corrected chi connectivity index (χ2v) is 4.70. The molecule has 0 fully saturated rings. The molecule has 2 rings (SSSR count). The summed E-state index contributed by atoms with van der Waals surface area (Å²) < 4.78 is 10.2. The molecule has 0 spiro atoms.